The predicted octanol–water partition coefficient (Wildman–Crippen LogP) is 4.33. The van der Waals surface area contributed by atoms with Gasteiger partial charge in [0.1, 0.15) is 17.3 Å². The minimum atomic E-state index is -2.37. The molecule has 0 radical (unpaired) electrons. The highest BCUT2D eigenvalue weighted by atomic mass is 32.2. The highest BCUT2D eigenvalue weighted by Crippen LogP contribution is 2.21. The molecule has 3 rings (SSSR count). The van der Waals surface area contributed by atoms with E-state index in [1.54, 1.807) is 6.07 Å². The minimum absolute atomic E-state index is 0.198. The molecule has 0 aliphatic carbocycles. The Balaban J connectivity index is 1.36. The van der Waals surface area contributed by atoms with Crippen molar-refractivity contribution in [3.05, 3.63) is 53.7 Å². The largest absolute Gasteiger partial charge is 0.464 e. The van der Waals surface area contributed by atoms with Crippen molar-refractivity contribution >= 4 is 22.8 Å². The van der Waals surface area contributed by atoms with Gasteiger partial charge in [-0.15, -0.1) is 0 Å². The van der Waals surface area contributed by atoms with E-state index in [2.05, 4.69) is 15.3 Å². The monoisotopic (exact) mass is 351 g/mol. The van der Waals surface area contributed by atoms with Gasteiger partial charge in [-0.3, -0.25) is 0 Å². The molecule has 0 fully saturated rings. The van der Waals surface area contributed by atoms with Gasteiger partial charge >= 0.3 is 0 Å². The van der Waals surface area contributed by atoms with E-state index >= 15 is 0 Å². The lowest BCUT2D eigenvalue weighted by Crippen LogP contribution is -2.15. The van der Waals surface area contributed by atoms with E-state index in [1.807, 2.05) is 30.3 Å². The zero-order valence-corrected chi connectivity index (χ0v) is 13.9. The van der Waals surface area contributed by atoms with Crippen LogP contribution < -0.4 is 5.32 Å². The van der Waals surface area contributed by atoms with Crippen molar-refractivity contribution in [2.45, 2.75) is 30.9 Å². The molecular formula is C17H19F2N3OS. The number of nitrogens with one attached hydrogen (secondary N) is 2. The van der Waals surface area contributed by atoms with Gasteiger partial charge in [0.25, 0.3) is 5.76 Å². The van der Waals surface area contributed by atoms with Crippen LogP contribution in [0, 0.1) is 0 Å². The van der Waals surface area contributed by atoms with Crippen molar-refractivity contribution in [3.8, 4) is 0 Å². The van der Waals surface area contributed by atoms with Crippen molar-refractivity contribution in [3.63, 3.8) is 0 Å². The highest BCUT2D eigenvalue weighted by Gasteiger charge is 2.07. The van der Waals surface area contributed by atoms with Crippen LogP contribution in [0.3, 0.4) is 0 Å². The van der Waals surface area contributed by atoms with Crippen molar-refractivity contribution in [1.29, 1.82) is 0 Å². The Morgan fingerprint density at radius 2 is 2.00 bits per heavy atom. The van der Waals surface area contributed by atoms with Crippen LogP contribution in [0.4, 0.5) is 8.78 Å². The van der Waals surface area contributed by atoms with Gasteiger partial charge in [0.2, 0.25) is 0 Å². The number of hydrogen-bond donors (Lipinski definition) is 2. The van der Waals surface area contributed by atoms with Gasteiger partial charge in [0, 0.05) is 6.42 Å². The lowest BCUT2D eigenvalue weighted by molar-refractivity contribution is 0.251. The van der Waals surface area contributed by atoms with Crippen molar-refractivity contribution in [2.75, 3.05) is 6.54 Å². The summed E-state index contributed by atoms with van der Waals surface area (Å²) in [5.41, 5.74) is 2.05. The maximum absolute atomic E-state index is 12.1. The van der Waals surface area contributed by atoms with Crippen LogP contribution in [0.25, 0.3) is 11.0 Å². The average Bonchev–Trinajstić information content (AvgIpc) is 3.18. The Hall–Kier alpha value is -1.86. The number of aromatic amines is 1. The fraction of sp³-hybridized carbons (Fsp3) is 0.353. The molecule has 1 aromatic carbocycles. The molecule has 4 nitrogen and oxygen atoms in total. The van der Waals surface area contributed by atoms with E-state index in [0.29, 0.717) is 24.1 Å². The first kappa shape index (κ1) is 17.0. The lowest BCUT2D eigenvalue weighted by Gasteiger charge is -2.02. The minimum Gasteiger partial charge on any atom is -0.464 e. The van der Waals surface area contributed by atoms with Crippen molar-refractivity contribution in [1.82, 2.24) is 15.3 Å². The van der Waals surface area contributed by atoms with E-state index in [4.69, 9.17) is 4.42 Å². The molecule has 2 heterocycles. The van der Waals surface area contributed by atoms with Crippen LogP contribution in [0.15, 0.2) is 40.8 Å². The van der Waals surface area contributed by atoms with Crippen LogP contribution in [0.1, 0.15) is 23.8 Å². The quantitative estimate of drug-likeness (QED) is 0.563. The molecule has 3 aromatic rings. The molecule has 0 aliphatic heterocycles. The van der Waals surface area contributed by atoms with Gasteiger partial charge in [-0.1, -0.05) is 23.9 Å². The SMILES string of the molecule is FC(F)SCc1ccc(CNCCCc2nc3ccccc3[nH]2)o1. The third-order valence-electron chi connectivity index (χ3n) is 3.57. The van der Waals surface area contributed by atoms with E-state index in [9.17, 15) is 8.78 Å². The second-order valence-electron chi connectivity index (χ2n) is 5.42. The van der Waals surface area contributed by atoms with Crippen molar-refractivity contribution < 1.29 is 13.2 Å². The molecule has 0 atom stereocenters. The van der Waals surface area contributed by atoms with Gasteiger partial charge in [-0.05, 0) is 37.2 Å². The zero-order valence-electron chi connectivity index (χ0n) is 13.1. The van der Waals surface area contributed by atoms with E-state index in [-0.39, 0.29) is 5.75 Å². The number of nitrogens with zero attached hydrogens (tertiary/aromatic N) is 1. The molecule has 24 heavy (non-hydrogen) atoms. The van der Waals surface area contributed by atoms with Crippen LogP contribution >= 0.6 is 11.8 Å². The number of hydrogen-bond acceptors (Lipinski definition) is 4. The number of benzene rings is 1. The third-order valence-corrected chi connectivity index (χ3v) is 4.28. The van der Waals surface area contributed by atoms with Crippen LogP contribution in [-0.4, -0.2) is 22.3 Å². The molecule has 2 aromatic heterocycles. The van der Waals surface area contributed by atoms with E-state index in [0.717, 1.165) is 42.0 Å². The summed E-state index contributed by atoms with van der Waals surface area (Å²) in [6.45, 7) is 1.43. The van der Waals surface area contributed by atoms with Crippen LogP contribution in [0.2, 0.25) is 0 Å². The van der Waals surface area contributed by atoms with Crippen molar-refractivity contribution in [2.24, 2.45) is 0 Å². The number of furan rings is 1. The Morgan fingerprint density at radius 3 is 2.83 bits per heavy atom. The third kappa shape index (κ3) is 4.82. The van der Waals surface area contributed by atoms with Gasteiger partial charge in [-0.25, -0.2) is 4.98 Å². The number of H-pyrrole nitrogens is 1. The maximum Gasteiger partial charge on any atom is 0.284 e. The Kier molecular flexibility index (Phi) is 5.87. The second-order valence-corrected chi connectivity index (χ2v) is 6.40. The summed E-state index contributed by atoms with van der Waals surface area (Å²) in [4.78, 5) is 7.85. The normalized spacial score (nSPS) is 11.6. The van der Waals surface area contributed by atoms with Gasteiger partial charge in [-0.2, -0.15) is 8.78 Å². The fourth-order valence-corrected chi connectivity index (χ4v) is 2.90. The molecule has 128 valence electrons. The summed E-state index contributed by atoms with van der Waals surface area (Å²) in [5, 5.41) is 3.29. The molecule has 2 N–H and O–H groups in total. The Labute approximate surface area is 143 Å². The summed E-state index contributed by atoms with van der Waals surface area (Å²) < 4.78 is 29.8. The first-order valence-electron chi connectivity index (χ1n) is 7.82. The molecule has 0 unspecified atom stereocenters. The number of para-hydroxylation sites is 2. The summed E-state index contributed by atoms with van der Waals surface area (Å²) in [6.07, 6.45) is 1.82. The number of thioether (sulfide) groups is 1. The van der Waals surface area contributed by atoms with Gasteiger partial charge < -0.3 is 14.7 Å². The molecule has 0 aliphatic rings. The molecule has 0 amide bonds. The molecule has 0 spiro atoms. The molecule has 0 saturated carbocycles. The highest BCUT2D eigenvalue weighted by molar-refractivity contribution is 7.98. The number of rotatable bonds is 9. The zero-order chi connectivity index (χ0) is 16.8. The number of halogens is 2. The lowest BCUT2D eigenvalue weighted by atomic mass is 10.3. The molecule has 0 bridgehead atoms. The summed E-state index contributed by atoms with van der Waals surface area (Å²) in [7, 11) is 0. The average molecular weight is 351 g/mol. The van der Waals surface area contributed by atoms with E-state index in [1.165, 1.54) is 0 Å². The predicted molar refractivity (Wildman–Crippen MR) is 92.1 cm³/mol. The summed E-state index contributed by atoms with van der Waals surface area (Å²) in [6, 6.07) is 11.6. The summed E-state index contributed by atoms with van der Waals surface area (Å²) in [5.74, 6) is 0.171. The van der Waals surface area contributed by atoms with Crippen LogP contribution in [-0.2, 0) is 18.7 Å². The topological polar surface area (TPSA) is 53.9 Å². The van der Waals surface area contributed by atoms with Crippen LogP contribution in [0.5, 0.6) is 0 Å². The Bertz CT molecular complexity index is 739. The first-order chi connectivity index (χ1) is 11.7. The summed E-state index contributed by atoms with van der Waals surface area (Å²) >= 11 is 0.571. The Morgan fingerprint density at radius 1 is 1.17 bits per heavy atom. The number of fused-ring (bicyclic) bond motifs is 1. The van der Waals surface area contributed by atoms with Gasteiger partial charge in [0.05, 0.1) is 23.3 Å². The standard InChI is InChI=1S/C17H19F2N3OS/c18-17(19)24-11-13-8-7-12(23-13)10-20-9-3-6-16-21-14-4-1-2-5-15(14)22-16/h1-2,4-5,7-8,17,20H,3,6,9-11H2,(H,21,22). The van der Waals surface area contributed by atoms with Gasteiger partial charge in [0.15, 0.2) is 0 Å². The molecule has 7 heteroatoms. The fourth-order valence-electron chi connectivity index (χ4n) is 2.46. The molecule has 0 saturated heterocycles. The number of aryl methyl sites for hydroxylation is 1. The van der Waals surface area contributed by atoms with E-state index < -0.39 is 5.76 Å². The maximum atomic E-state index is 12.1. The smallest absolute Gasteiger partial charge is 0.284 e. The molecular weight excluding hydrogens is 332 g/mol. The number of imidazole rings is 1. The number of aromatic nitrogens is 2. The first-order valence-corrected chi connectivity index (χ1v) is 8.87. The number of alkyl halides is 2. The second kappa shape index (κ2) is 8.30.